The van der Waals surface area contributed by atoms with Gasteiger partial charge >= 0.3 is 12.0 Å². The van der Waals surface area contributed by atoms with E-state index >= 15 is 0 Å². The molecule has 4 rings (SSSR count). The number of methoxy groups -OCH3 is 1. The van der Waals surface area contributed by atoms with Crippen molar-refractivity contribution in [3.8, 4) is 5.75 Å². The van der Waals surface area contributed by atoms with Crippen LogP contribution in [0.2, 0.25) is 0 Å². The fraction of sp³-hybridized carbons (Fsp3) is 0.423. The normalized spacial score (nSPS) is 17.8. The number of benzene rings is 2. The van der Waals surface area contributed by atoms with Gasteiger partial charge in [0.05, 0.1) is 12.8 Å². The van der Waals surface area contributed by atoms with E-state index in [1.54, 1.807) is 19.2 Å². The number of carbonyl (C=O) groups is 3. The highest BCUT2D eigenvalue weighted by Gasteiger charge is 2.44. The van der Waals surface area contributed by atoms with Crippen LogP contribution in [-0.4, -0.2) is 61.0 Å². The van der Waals surface area contributed by atoms with E-state index in [1.165, 1.54) is 6.92 Å². The molecule has 2 aliphatic heterocycles. The second-order valence-electron chi connectivity index (χ2n) is 9.03. The van der Waals surface area contributed by atoms with Crippen molar-refractivity contribution in [2.75, 3.05) is 38.6 Å². The quantitative estimate of drug-likeness (QED) is 0.678. The first kappa shape index (κ1) is 23.6. The third-order valence-electron chi connectivity index (χ3n) is 6.82. The molecule has 2 heterocycles. The molecule has 1 atom stereocenters. The molecule has 1 spiro atoms. The van der Waals surface area contributed by atoms with Crippen LogP contribution in [0, 0.1) is 5.41 Å². The Morgan fingerprint density at radius 1 is 0.912 bits per heavy atom. The van der Waals surface area contributed by atoms with Crippen molar-refractivity contribution in [1.82, 2.24) is 9.80 Å². The molecule has 0 aromatic heterocycles. The van der Waals surface area contributed by atoms with Crippen molar-refractivity contribution in [1.29, 1.82) is 0 Å². The fourth-order valence-electron chi connectivity index (χ4n) is 4.88. The first-order valence-corrected chi connectivity index (χ1v) is 11.6. The number of nitrogens with zero attached hydrogens (tertiary/aromatic N) is 2. The van der Waals surface area contributed by atoms with Crippen LogP contribution in [0.5, 0.6) is 5.75 Å². The summed E-state index contributed by atoms with van der Waals surface area (Å²) in [5.41, 5.74) is 1.30. The van der Waals surface area contributed by atoms with Crippen LogP contribution < -0.4 is 10.1 Å². The number of ether oxygens (including phenoxy) is 2. The van der Waals surface area contributed by atoms with E-state index in [0.29, 0.717) is 43.2 Å². The maximum absolute atomic E-state index is 13.3. The Labute approximate surface area is 199 Å². The molecule has 0 aliphatic carbocycles. The SMILES string of the molecule is COc1ccccc1NC(=O)N1CCC2(CC1)CCN(C(=O)C(OC(C)=O)c1ccccc1)C2. The van der Waals surface area contributed by atoms with Crippen LogP contribution in [0.3, 0.4) is 0 Å². The number of piperidine rings is 1. The molecular weight excluding hydrogens is 434 g/mol. The van der Waals surface area contributed by atoms with Crippen LogP contribution >= 0.6 is 0 Å². The lowest BCUT2D eigenvalue weighted by Gasteiger charge is -2.39. The summed E-state index contributed by atoms with van der Waals surface area (Å²) in [5.74, 6) is -0.0462. The molecule has 2 saturated heterocycles. The van der Waals surface area contributed by atoms with Gasteiger partial charge in [-0.15, -0.1) is 0 Å². The molecule has 1 unspecified atom stereocenters. The number of hydrogen-bond acceptors (Lipinski definition) is 5. The lowest BCUT2D eigenvalue weighted by atomic mass is 9.78. The molecule has 2 aliphatic rings. The molecule has 0 saturated carbocycles. The minimum absolute atomic E-state index is 0.0195. The van der Waals surface area contributed by atoms with E-state index < -0.39 is 12.1 Å². The Hall–Kier alpha value is -3.55. The summed E-state index contributed by atoms with van der Waals surface area (Å²) in [6.45, 7) is 3.79. The molecule has 2 aromatic rings. The molecule has 2 fully saturated rings. The van der Waals surface area contributed by atoms with Crippen LogP contribution in [0.25, 0.3) is 0 Å². The highest BCUT2D eigenvalue weighted by atomic mass is 16.5. The number of para-hydroxylation sites is 2. The number of anilines is 1. The minimum Gasteiger partial charge on any atom is -0.495 e. The van der Waals surface area contributed by atoms with Gasteiger partial charge in [-0.1, -0.05) is 42.5 Å². The molecular formula is C26H31N3O5. The van der Waals surface area contributed by atoms with Gasteiger partial charge < -0.3 is 24.6 Å². The Bertz CT molecular complexity index is 1030. The summed E-state index contributed by atoms with van der Waals surface area (Å²) in [4.78, 5) is 41.4. The number of amides is 3. The van der Waals surface area contributed by atoms with Crippen molar-refractivity contribution in [2.24, 2.45) is 5.41 Å². The first-order valence-electron chi connectivity index (χ1n) is 11.6. The van der Waals surface area contributed by atoms with Crippen molar-refractivity contribution < 1.29 is 23.9 Å². The molecule has 0 bridgehead atoms. The Balaban J connectivity index is 1.36. The minimum atomic E-state index is -0.930. The summed E-state index contributed by atoms with van der Waals surface area (Å²) in [6, 6.07) is 16.3. The first-order chi connectivity index (χ1) is 16.4. The Morgan fingerprint density at radius 3 is 2.18 bits per heavy atom. The van der Waals surface area contributed by atoms with E-state index in [4.69, 9.17) is 9.47 Å². The van der Waals surface area contributed by atoms with Crippen LogP contribution in [0.1, 0.15) is 37.9 Å². The number of urea groups is 1. The Kier molecular flexibility index (Phi) is 7.05. The number of hydrogen-bond donors (Lipinski definition) is 1. The highest BCUT2D eigenvalue weighted by Crippen LogP contribution is 2.41. The predicted molar refractivity (Wildman–Crippen MR) is 127 cm³/mol. The molecule has 8 heteroatoms. The Morgan fingerprint density at radius 2 is 1.53 bits per heavy atom. The summed E-state index contributed by atoms with van der Waals surface area (Å²) >= 11 is 0. The molecule has 1 N–H and O–H groups in total. The van der Waals surface area contributed by atoms with E-state index in [1.807, 2.05) is 52.3 Å². The predicted octanol–water partition coefficient (Wildman–Crippen LogP) is 3.85. The van der Waals surface area contributed by atoms with Gasteiger partial charge in [-0.05, 0) is 36.8 Å². The van der Waals surface area contributed by atoms with Gasteiger partial charge in [0.15, 0.2) is 0 Å². The molecule has 0 radical (unpaired) electrons. The van der Waals surface area contributed by atoms with E-state index in [-0.39, 0.29) is 17.4 Å². The molecule has 180 valence electrons. The van der Waals surface area contributed by atoms with Crippen molar-refractivity contribution in [3.63, 3.8) is 0 Å². The van der Waals surface area contributed by atoms with Crippen LogP contribution in [0.15, 0.2) is 54.6 Å². The summed E-state index contributed by atoms with van der Waals surface area (Å²) in [7, 11) is 1.58. The van der Waals surface area contributed by atoms with Crippen molar-refractivity contribution in [3.05, 3.63) is 60.2 Å². The zero-order valence-corrected chi connectivity index (χ0v) is 19.7. The number of rotatable bonds is 5. The topological polar surface area (TPSA) is 88.2 Å². The molecule has 8 nitrogen and oxygen atoms in total. The maximum atomic E-state index is 13.3. The monoisotopic (exact) mass is 465 g/mol. The second kappa shape index (κ2) is 10.2. The number of esters is 1. The lowest BCUT2D eigenvalue weighted by Crippen LogP contribution is -2.46. The van der Waals surface area contributed by atoms with Gasteiger partial charge in [0.25, 0.3) is 5.91 Å². The third-order valence-corrected chi connectivity index (χ3v) is 6.82. The second-order valence-corrected chi connectivity index (χ2v) is 9.03. The van der Waals surface area contributed by atoms with E-state index in [9.17, 15) is 14.4 Å². The van der Waals surface area contributed by atoms with Gasteiger partial charge in [0.2, 0.25) is 6.10 Å². The zero-order valence-electron chi connectivity index (χ0n) is 19.7. The van der Waals surface area contributed by atoms with Gasteiger partial charge in [0, 0.05) is 38.7 Å². The molecule has 3 amide bonds. The number of carbonyl (C=O) groups excluding carboxylic acids is 3. The van der Waals surface area contributed by atoms with Crippen LogP contribution in [-0.2, 0) is 14.3 Å². The number of nitrogens with one attached hydrogen (secondary N) is 1. The third kappa shape index (κ3) is 5.16. The van der Waals surface area contributed by atoms with Crippen LogP contribution in [0.4, 0.5) is 10.5 Å². The lowest BCUT2D eigenvalue weighted by molar-refractivity contribution is -0.159. The summed E-state index contributed by atoms with van der Waals surface area (Å²) in [5, 5.41) is 2.94. The molecule has 2 aromatic carbocycles. The summed E-state index contributed by atoms with van der Waals surface area (Å²) in [6.07, 6.45) is 1.59. The highest BCUT2D eigenvalue weighted by molar-refractivity contribution is 5.91. The average molecular weight is 466 g/mol. The van der Waals surface area contributed by atoms with Gasteiger partial charge in [-0.25, -0.2) is 4.79 Å². The van der Waals surface area contributed by atoms with Gasteiger partial charge in [0.1, 0.15) is 5.75 Å². The molecule has 34 heavy (non-hydrogen) atoms. The van der Waals surface area contributed by atoms with Gasteiger partial charge in [-0.2, -0.15) is 0 Å². The summed E-state index contributed by atoms with van der Waals surface area (Å²) < 4.78 is 10.7. The van der Waals surface area contributed by atoms with Crippen molar-refractivity contribution >= 4 is 23.6 Å². The van der Waals surface area contributed by atoms with E-state index in [2.05, 4.69) is 5.32 Å². The standard InChI is InChI=1S/C26H31N3O5/c1-19(30)34-23(20-8-4-3-5-9-20)24(31)29-17-14-26(18-29)12-15-28(16-13-26)25(32)27-21-10-6-7-11-22(21)33-2/h3-11,23H,12-18H2,1-2H3,(H,27,32). The largest absolute Gasteiger partial charge is 0.495 e. The number of likely N-dealkylation sites (tertiary alicyclic amines) is 2. The zero-order chi connectivity index (χ0) is 24.1. The van der Waals surface area contributed by atoms with Gasteiger partial charge in [-0.3, -0.25) is 9.59 Å². The van der Waals surface area contributed by atoms with Crippen molar-refractivity contribution in [2.45, 2.75) is 32.3 Å². The smallest absolute Gasteiger partial charge is 0.321 e. The fourth-order valence-corrected chi connectivity index (χ4v) is 4.88. The maximum Gasteiger partial charge on any atom is 0.321 e. The van der Waals surface area contributed by atoms with E-state index in [0.717, 1.165) is 19.3 Å². The average Bonchev–Trinajstić information content (AvgIpc) is 3.26.